The van der Waals surface area contributed by atoms with Crippen molar-refractivity contribution in [1.82, 2.24) is 15.2 Å². The number of ether oxygens (including phenoxy) is 2. The van der Waals surface area contributed by atoms with Crippen molar-refractivity contribution in [3.05, 3.63) is 53.5 Å². The molecule has 134 valence electrons. The van der Waals surface area contributed by atoms with E-state index in [1.54, 1.807) is 0 Å². The number of hydrogen-bond donors (Lipinski definition) is 2. The van der Waals surface area contributed by atoms with Gasteiger partial charge in [-0.2, -0.15) is 5.10 Å². The molecule has 0 fully saturated rings. The Morgan fingerprint density at radius 1 is 1.11 bits per heavy atom. The van der Waals surface area contributed by atoms with E-state index < -0.39 is 0 Å². The average molecular weight is 378 g/mol. The standard InChI is InChI=1S/C19H14N4O3S/c24-18(17-12-3-1-2-4-13(12)22-23-17)21-19-20-14(10-27-19)11-5-6-15-16(9-11)26-8-7-25-15/h1-6,9-10H,7-8H2,(H,22,23)(H,20,21,24). The number of nitrogens with one attached hydrogen (secondary N) is 2. The van der Waals surface area contributed by atoms with Crippen molar-refractivity contribution >= 4 is 33.3 Å². The van der Waals surface area contributed by atoms with Gasteiger partial charge in [-0.15, -0.1) is 11.3 Å². The zero-order valence-corrected chi connectivity index (χ0v) is 14.9. The van der Waals surface area contributed by atoms with Crippen molar-refractivity contribution in [2.45, 2.75) is 0 Å². The van der Waals surface area contributed by atoms with E-state index in [1.165, 1.54) is 11.3 Å². The molecule has 0 bridgehead atoms. The number of thiazole rings is 1. The van der Waals surface area contributed by atoms with Gasteiger partial charge in [0.15, 0.2) is 22.3 Å². The van der Waals surface area contributed by atoms with Crippen LogP contribution in [-0.2, 0) is 0 Å². The van der Waals surface area contributed by atoms with E-state index in [-0.39, 0.29) is 5.91 Å². The molecule has 0 unspecified atom stereocenters. The van der Waals surface area contributed by atoms with Crippen LogP contribution in [0.25, 0.3) is 22.2 Å². The number of benzene rings is 2. The van der Waals surface area contributed by atoms with E-state index in [9.17, 15) is 4.79 Å². The maximum Gasteiger partial charge on any atom is 0.278 e. The van der Waals surface area contributed by atoms with E-state index in [0.29, 0.717) is 29.8 Å². The van der Waals surface area contributed by atoms with E-state index in [2.05, 4.69) is 20.5 Å². The first-order valence-electron chi connectivity index (χ1n) is 8.38. The number of hydrogen-bond acceptors (Lipinski definition) is 6. The minimum absolute atomic E-state index is 0.296. The van der Waals surface area contributed by atoms with Crippen LogP contribution in [0.2, 0.25) is 0 Å². The maximum atomic E-state index is 12.6. The number of amides is 1. The van der Waals surface area contributed by atoms with Crippen LogP contribution >= 0.6 is 11.3 Å². The van der Waals surface area contributed by atoms with Gasteiger partial charge in [0.1, 0.15) is 13.2 Å². The number of para-hydroxylation sites is 1. The lowest BCUT2D eigenvalue weighted by molar-refractivity contribution is 0.102. The summed E-state index contributed by atoms with van der Waals surface area (Å²) >= 11 is 1.36. The molecule has 0 saturated carbocycles. The third-order valence-corrected chi connectivity index (χ3v) is 5.01. The van der Waals surface area contributed by atoms with E-state index >= 15 is 0 Å². The predicted octanol–water partition coefficient (Wildman–Crippen LogP) is 3.71. The summed E-state index contributed by atoms with van der Waals surface area (Å²) in [4.78, 5) is 17.1. The van der Waals surface area contributed by atoms with Gasteiger partial charge in [-0.3, -0.25) is 15.2 Å². The first kappa shape index (κ1) is 15.8. The molecule has 2 N–H and O–H groups in total. The molecule has 8 heteroatoms. The van der Waals surface area contributed by atoms with Crippen LogP contribution in [0.3, 0.4) is 0 Å². The molecule has 2 aromatic carbocycles. The van der Waals surface area contributed by atoms with Gasteiger partial charge in [0.25, 0.3) is 5.91 Å². The molecule has 1 aliphatic heterocycles. The molecule has 0 saturated heterocycles. The van der Waals surface area contributed by atoms with Crippen LogP contribution in [0.4, 0.5) is 5.13 Å². The Kier molecular flexibility index (Phi) is 3.75. The topological polar surface area (TPSA) is 89.1 Å². The Morgan fingerprint density at radius 2 is 1.96 bits per heavy atom. The second-order valence-electron chi connectivity index (χ2n) is 5.97. The van der Waals surface area contributed by atoms with E-state index in [4.69, 9.17) is 9.47 Å². The summed E-state index contributed by atoms with van der Waals surface area (Å²) in [6, 6.07) is 13.2. The quantitative estimate of drug-likeness (QED) is 0.567. The molecule has 0 radical (unpaired) electrons. The highest BCUT2D eigenvalue weighted by molar-refractivity contribution is 7.14. The summed E-state index contributed by atoms with van der Waals surface area (Å²) in [5.41, 5.74) is 2.83. The lowest BCUT2D eigenvalue weighted by Crippen LogP contribution is -2.15. The third kappa shape index (κ3) is 2.89. The van der Waals surface area contributed by atoms with E-state index in [1.807, 2.05) is 47.8 Å². The predicted molar refractivity (Wildman–Crippen MR) is 103 cm³/mol. The van der Waals surface area contributed by atoms with Crippen LogP contribution in [0, 0.1) is 0 Å². The Bertz CT molecular complexity index is 1150. The van der Waals surface area contributed by atoms with Gasteiger partial charge in [0.05, 0.1) is 11.2 Å². The number of aromatic amines is 1. The van der Waals surface area contributed by atoms with Crippen molar-refractivity contribution in [1.29, 1.82) is 0 Å². The number of carbonyl (C=O) groups is 1. The summed E-state index contributed by atoms with van der Waals surface area (Å²) in [5, 5.41) is 13.0. The Morgan fingerprint density at radius 3 is 2.89 bits per heavy atom. The zero-order chi connectivity index (χ0) is 18.2. The molecule has 0 spiro atoms. The Balaban J connectivity index is 1.38. The van der Waals surface area contributed by atoms with Gasteiger partial charge >= 0.3 is 0 Å². The minimum atomic E-state index is -0.296. The van der Waals surface area contributed by atoms with Crippen LogP contribution < -0.4 is 14.8 Å². The SMILES string of the molecule is O=C(Nc1nc(-c2ccc3c(c2)OCCO3)cs1)c1n[nH]c2ccccc12. The molecule has 5 rings (SSSR count). The Hall–Kier alpha value is -3.39. The lowest BCUT2D eigenvalue weighted by Gasteiger charge is -2.18. The fourth-order valence-corrected chi connectivity index (χ4v) is 3.67. The maximum absolute atomic E-state index is 12.6. The average Bonchev–Trinajstić information content (AvgIpc) is 3.34. The second kappa shape index (κ2) is 6.40. The van der Waals surface area contributed by atoms with Gasteiger partial charge in [-0.1, -0.05) is 18.2 Å². The molecule has 2 aromatic heterocycles. The van der Waals surface area contributed by atoms with Gasteiger partial charge in [0.2, 0.25) is 0 Å². The summed E-state index contributed by atoms with van der Waals surface area (Å²) in [6.45, 7) is 1.09. The highest BCUT2D eigenvalue weighted by Crippen LogP contribution is 2.35. The molecule has 1 aliphatic rings. The first-order chi connectivity index (χ1) is 13.3. The number of aromatic nitrogens is 3. The second-order valence-corrected chi connectivity index (χ2v) is 6.83. The molecule has 0 aliphatic carbocycles. The van der Waals surface area contributed by atoms with Crippen molar-refractivity contribution < 1.29 is 14.3 Å². The number of fused-ring (bicyclic) bond motifs is 2. The molecule has 0 atom stereocenters. The highest BCUT2D eigenvalue weighted by atomic mass is 32.1. The minimum Gasteiger partial charge on any atom is -0.486 e. The van der Waals surface area contributed by atoms with E-state index in [0.717, 1.165) is 27.9 Å². The fraction of sp³-hybridized carbons (Fsp3) is 0.105. The lowest BCUT2D eigenvalue weighted by atomic mass is 10.1. The van der Waals surface area contributed by atoms with Crippen molar-refractivity contribution in [3.8, 4) is 22.8 Å². The zero-order valence-electron chi connectivity index (χ0n) is 14.1. The number of rotatable bonds is 3. The Labute approximate surface area is 158 Å². The molecule has 27 heavy (non-hydrogen) atoms. The molecular formula is C19H14N4O3S. The van der Waals surface area contributed by atoms with Crippen LogP contribution in [0.5, 0.6) is 11.5 Å². The van der Waals surface area contributed by atoms with Gasteiger partial charge in [0, 0.05) is 16.3 Å². The fourth-order valence-electron chi connectivity index (χ4n) is 2.96. The monoisotopic (exact) mass is 378 g/mol. The number of H-pyrrole nitrogens is 1. The number of nitrogens with zero attached hydrogens (tertiary/aromatic N) is 2. The third-order valence-electron chi connectivity index (χ3n) is 4.25. The summed E-state index contributed by atoms with van der Waals surface area (Å²) in [5.74, 6) is 1.15. The normalized spacial score (nSPS) is 12.9. The first-order valence-corrected chi connectivity index (χ1v) is 9.26. The number of carbonyl (C=O) groups excluding carboxylic acids is 1. The van der Waals surface area contributed by atoms with Crippen LogP contribution in [-0.4, -0.2) is 34.3 Å². The molecular weight excluding hydrogens is 364 g/mol. The van der Waals surface area contributed by atoms with Gasteiger partial charge in [-0.05, 0) is 24.3 Å². The summed E-state index contributed by atoms with van der Waals surface area (Å²) in [7, 11) is 0. The molecule has 4 aromatic rings. The van der Waals surface area contributed by atoms with Crippen molar-refractivity contribution in [2.75, 3.05) is 18.5 Å². The van der Waals surface area contributed by atoms with Crippen molar-refractivity contribution in [3.63, 3.8) is 0 Å². The van der Waals surface area contributed by atoms with Crippen molar-refractivity contribution in [2.24, 2.45) is 0 Å². The van der Waals surface area contributed by atoms with Gasteiger partial charge < -0.3 is 9.47 Å². The summed E-state index contributed by atoms with van der Waals surface area (Å²) in [6.07, 6.45) is 0. The summed E-state index contributed by atoms with van der Waals surface area (Å²) < 4.78 is 11.2. The molecule has 7 nitrogen and oxygen atoms in total. The molecule has 1 amide bonds. The largest absolute Gasteiger partial charge is 0.486 e. The molecule has 3 heterocycles. The highest BCUT2D eigenvalue weighted by Gasteiger charge is 2.17. The smallest absolute Gasteiger partial charge is 0.278 e. The van der Waals surface area contributed by atoms with Crippen LogP contribution in [0.15, 0.2) is 47.8 Å². The number of anilines is 1. The van der Waals surface area contributed by atoms with Crippen LogP contribution in [0.1, 0.15) is 10.5 Å². The van der Waals surface area contributed by atoms with Gasteiger partial charge in [-0.25, -0.2) is 4.98 Å².